The first-order chi connectivity index (χ1) is 11.5. The Morgan fingerprint density at radius 2 is 1.96 bits per heavy atom. The molecule has 2 aromatic rings. The fourth-order valence-electron chi connectivity index (χ4n) is 2.88. The van der Waals surface area contributed by atoms with Crippen LogP contribution >= 0.6 is 23.2 Å². The zero-order valence-corrected chi connectivity index (χ0v) is 15.2. The maximum atomic E-state index is 11.7. The molecule has 0 aromatic heterocycles. The summed E-state index contributed by atoms with van der Waals surface area (Å²) >= 11 is 12.7. The molecule has 0 N–H and O–H groups in total. The van der Waals surface area contributed by atoms with Gasteiger partial charge in [0.2, 0.25) is 0 Å². The summed E-state index contributed by atoms with van der Waals surface area (Å²) in [6.07, 6.45) is 1.00. The van der Waals surface area contributed by atoms with Crippen molar-refractivity contribution in [2.24, 2.45) is 0 Å². The first-order valence-electron chi connectivity index (χ1n) is 7.99. The minimum Gasteiger partial charge on any atom is -0.486 e. The van der Waals surface area contributed by atoms with Crippen LogP contribution in [0.2, 0.25) is 10.0 Å². The summed E-state index contributed by atoms with van der Waals surface area (Å²) in [5.74, 6) is 0.826. The number of ether oxygens (including phenoxy) is 1. The summed E-state index contributed by atoms with van der Waals surface area (Å²) in [6.45, 7) is 4.97. The van der Waals surface area contributed by atoms with Crippen molar-refractivity contribution < 1.29 is 9.53 Å². The summed E-state index contributed by atoms with van der Waals surface area (Å²) in [6, 6.07) is 11.1. The number of fused-ring (bicyclic) bond motifs is 1. The highest BCUT2D eigenvalue weighted by molar-refractivity contribution is 6.36. The second kappa shape index (κ2) is 7.04. The molecule has 0 fully saturated rings. The van der Waals surface area contributed by atoms with Gasteiger partial charge in [-0.1, -0.05) is 36.2 Å². The molecule has 1 aliphatic heterocycles. The number of ketones is 1. The topological polar surface area (TPSA) is 29.5 Å². The first-order valence-corrected chi connectivity index (χ1v) is 8.74. The fraction of sp³-hybridized carbons (Fsp3) is 0.316. The molecule has 0 amide bonds. The molecule has 1 atom stereocenters. The lowest BCUT2D eigenvalue weighted by atomic mass is 10.1. The average molecular weight is 364 g/mol. The molecule has 1 aliphatic rings. The number of anilines is 1. The smallest absolute Gasteiger partial charge is 0.159 e. The summed E-state index contributed by atoms with van der Waals surface area (Å²) in [5.41, 5.74) is 2.46. The number of carbonyl (C=O) groups is 1. The van der Waals surface area contributed by atoms with Crippen molar-refractivity contribution in [3.63, 3.8) is 0 Å². The van der Waals surface area contributed by atoms with Crippen LogP contribution in [0.4, 0.5) is 5.69 Å². The van der Waals surface area contributed by atoms with Gasteiger partial charge in [-0.2, -0.15) is 0 Å². The van der Waals surface area contributed by atoms with E-state index in [-0.39, 0.29) is 11.9 Å². The number of Topliss-reactive ketones (excluding diaryl/α,β-unsaturated/α-hetero) is 1. The minimum absolute atomic E-state index is 0.0335. The molecule has 3 nitrogen and oxygen atoms in total. The van der Waals surface area contributed by atoms with Crippen LogP contribution in [0.3, 0.4) is 0 Å². The van der Waals surface area contributed by atoms with Crippen molar-refractivity contribution >= 4 is 34.7 Å². The van der Waals surface area contributed by atoms with Gasteiger partial charge in [0.1, 0.15) is 11.9 Å². The van der Waals surface area contributed by atoms with Gasteiger partial charge in [-0.25, -0.2) is 0 Å². The molecule has 1 heterocycles. The van der Waals surface area contributed by atoms with Gasteiger partial charge >= 0.3 is 0 Å². The zero-order valence-electron chi connectivity index (χ0n) is 13.7. The van der Waals surface area contributed by atoms with E-state index in [0.717, 1.165) is 30.0 Å². The quantitative estimate of drug-likeness (QED) is 0.683. The fourth-order valence-corrected chi connectivity index (χ4v) is 3.40. The number of benzene rings is 2. The van der Waals surface area contributed by atoms with Crippen molar-refractivity contribution in [1.82, 2.24) is 0 Å². The number of rotatable bonds is 4. The molecule has 2 aromatic carbocycles. The van der Waals surface area contributed by atoms with Crippen LogP contribution in [0.1, 0.15) is 36.2 Å². The SMILES string of the molecule is CCC1CN(Cc2c(Cl)cccc2Cl)c2cc(C(C)=O)ccc2O1. The molecule has 0 spiro atoms. The van der Waals surface area contributed by atoms with Gasteiger partial charge in [0, 0.05) is 27.7 Å². The molecule has 0 saturated heterocycles. The highest BCUT2D eigenvalue weighted by atomic mass is 35.5. The highest BCUT2D eigenvalue weighted by Gasteiger charge is 2.26. The van der Waals surface area contributed by atoms with Gasteiger partial charge in [-0.15, -0.1) is 0 Å². The Morgan fingerprint density at radius 3 is 2.58 bits per heavy atom. The van der Waals surface area contributed by atoms with E-state index in [9.17, 15) is 4.79 Å². The van der Waals surface area contributed by atoms with E-state index in [1.807, 2.05) is 30.3 Å². The lowest BCUT2D eigenvalue weighted by molar-refractivity contribution is 0.101. The lowest BCUT2D eigenvalue weighted by Crippen LogP contribution is -2.39. The van der Waals surface area contributed by atoms with E-state index in [0.29, 0.717) is 22.2 Å². The van der Waals surface area contributed by atoms with Crippen LogP contribution in [-0.4, -0.2) is 18.4 Å². The third kappa shape index (κ3) is 3.38. The molecular weight excluding hydrogens is 345 g/mol. The molecule has 1 unspecified atom stereocenters. The van der Waals surface area contributed by atoms with Crippen molar-refractivity contribution in [2.75, 3.05) is 11.4 Å². The number of carbonyl (C=O) groups excluding carboxylic acids is 1. The molecule has 24 heavy (non-hydrogen) atoms. The van der Waals surface area contributed by atoms with E-state index >= 15 is 0 Å². The molecule has 0 radical (unpaired) electrons. The van der Waals surface area contributed by atoms with E-state index in [1.54, 1.807) is 13.0 Å². The van der Waals surface area contributed by atoms with Crippen LogP contribution in [0.15, 0.2) is 36.4 Å². The van der Waals surface area contributed by atoms with Gasteiger partial charge in [0.05, 0.1) is 12.2 Å². The van der Waals surface area contributed by atoms with Crippen molar-refractivity contribution in [3.05, 3.63) is 57.6 Å². The molecule has 0 aliphatic carbocycles. The van der Waals surface area contributed by atoms with Crippen LogP contribution in [0.25, 0.3) is 0 Å². The Balaban J connectivity index is 2.01. The molecule has 0 saturated carbocycles. The van der Waals surface area contributed by atoms with Gasteiger partial charge < -0.3 is 9.64 Å². The normalized spacial score (nSPS) is 16.5. The Labute approximate surface area is 152 Å². The zero-order chi connectivity index (χ0) is 17.3. The summed E-state index contributed by atoms with van der Waals surface area (Å²) in [5, 5.41) is 1.29. The van der Waals surface area contributed by atoms with Crippen molar-refractivity contribution in [2.45, 2.75) is 32.9 Å². The third-order valence-corrected chi connectivity index (χ3v) is 5.00. The summed E-state index contributed by atoms with van der Waals surface area (Å²) < 4.78 is 6.03. The standard InChI is InChI=1S/C19H19Cl2NO2/c1-3-14-10-22(11-15-16(20)5-4-6-17(15)21)18-9-13(12(2)23)7-8-19(18)24-14/h4-9,14H,3,10-11H2,1-2H3. The van der Waals surface area contributed by atoms with Crippen molar-refractivity contribution in [3.8, 4) is 5.75 Å². The molecule has 0 bridgehead atoms. The number of hydrogen-bond donors (Lipinski definition) is 0. The second-order valence-electron chi connectivity index (χ2n) is 5.97. The predicted octanol–water partition coefficient (Wildman–Crippen LogP) is 5.37. The van der Waals surface area contributed by atoms with E-state index in [2.05, 4.69) is 11.8 Å². The molecular formula is C19H19Cl2NO2. The first kappa shape index (κ1) is 17.1. The number of halogens is 2. The third-order valence-electron chi connectivity index (χ3n) is 4.29. The monoisotopic (exact) mass is 363 g/mol. The predicted molar refractivity (Wildman–Crippen MR) is 98.7 cm³/mol. The van der Waals surface area contributed by atoms with E-state index in [4.69, 9.17) is 27.9 Å². The van der Waals surface area contributed by atoms with Gasteiger partial charge in [0.15, 0.2) is 5.78 Å². The van der Waals surface area contributed by atoms with Gasteiger partial charge in [-0.05, 0) is 43.7 Å². The Kier molecular flexibility index (Phi) is 5.02. The van der Waals surface area contributed by atoms with E-state index < -0.39 is 0 Å². The lowest BCUT2D eigenvalue weighted by Gasteiger charge is -2.36. The molecule has 3 rings (SSSR count). The maximum absolute atomic E-state index is 11.7. The van der Waals surface area contributed by atoms with Gasteiger partial charge in [0.25, 0.3) is 0 Å². The summed E-state index contributed by atoms with van der Waals surface area (Å²) in [7, 11) is 0. The van der Waals surface area contributed by atoms with Crippen LogP contribution in [0, 0.1) is 0 Å². The largest absolute Gasteiger partial charge is 0.486 e. The molecule has 126 valence electrons. The van der Waals surface area contributed by atoms with Crippen LogP contribution < -0.4 is 9.64 Å². The minimum atomic E-state index is 0.0335. The highest BCUT2D eigenvalue weighted by Crippen LogP contribution is 2.37. The van der Waals surface area contributed by atoms with Crippen LogP contribution in [-0.2, 0) is 6.54 Å². The van der Waals surface area contributed by atoms with Crippen LogP contribution in [0.5, 0.6) is 5.75 Å². The maximum Gasteiger partial charge on any atom is 0.159 e. The summed E-state index contributed by atoms with van der Waals surface area (Å²) in [4.78, 5) is 13.9. The van der Waals surface area contributed by atoms with Crippen molar-refractivity contribution in [1.29, 1.82) is 0 Å². The Hall–Kier alpha value is -1.71. The number of nitrogens with zero attached hydrogens (tertiary/aromatic N) is 1. The van der Waals surface area contributed by atoms with Gasteiger partial charge in [-0.3, -0.25) is 4.79 Å². The average Bonchev–Trinajstić information content (AvgIpc) is 2.57. The second-order valence-corrected chi connectivity index (χ2v) is 6.78. The molecule has 5 heteroatoms. The Morgan fingerprint density at radius 1 is 1.25 bits per heavy atom. The number of hydrogen-bond acceptors (Lipinski definition) is 3. The Bertz CT molecular complexity index is 756. The van der Waals surface area contributed by atoms with E-state index in [1.165, 1.54) is 0 Å².